The molecule has 0 aliphatic carbocycles. The van der Waals surface area contributed by atoms with Crippen molar-refractivity contribution in [3.63, 3.8) is 0 Å². The van der Waals surface area contributed by atoms with E-state index in [1.807, 2.05) is 29.6 Å². The lowest BCUT2D eigenvalue weighted by Crippen LogP contribution is -2.23. The third kappa shape index (κ3) is 3.58. The molecule has 0 bridgehead atoms. The summed E-state index contributed by atoms with van der Waals surface area (Å²) in [5, 5.41) is 11.0. The number of aryl methyl sites for hydroxylation is 2. The molecule has 0 spiro atoms. The van der Waals surface area contributed by atoms with Crippen LogP contribution in [0.5, 0.6) is 0 Å². The van der Waals surface area contributed by atoms with Crippen LogP contribution in [0, 0.1) is 0 Å². The molecule has 4 rings (SSSR count). The number of hydrogen-bond acceptors (Lipinski definition) is 6. The van der Waals surface area contributed by atoms with Crippen LogP contribution in [0.4, 0.5) is 0 Å². The Hall–Kier alpha value is -2.77. The summed E-state index contributed by atoms with van der Waals surface area (Å²) in [5.74, 6) is 1.03. The second kappa shape index (κ2) is 7.23. The van der Waals surface area contributed by atoms with Gasteiger partial charge < -0.3 is 4.52 Å². The molecule has 0 radical (unpaired) electrons. The summed E-state index contributed by atoms with van der Waals surface area (Å²) in [4.78, 5) is 17.4. The first-order valence-corrected chi connectivity index (χ1v) is 9.15. The summed E-state index contributed by atoms with van der Waals surface area (Å²) >= 11 is 7.46. The summed E-state index contributed by atoms with van der Waals surface area (Å²) in [5.41, 5.74) is 1.41. The molecule has 0 aliphatic rings. The second-order valence-corrected chi connectivity index (χ2v) is 6.91. The SMILES string of the molecule is O=c1ccc(-c2ccc(Cl)cc2)nn1CCc1nc(-c2cccs2)no1. The Kier molecular flexibility index (Phi) is 4.64. The summed E-state index contributed by atoms with van der Waals surface area (Å²) < 4.78 is 6.67. The minimum Gasteiger partial charge on any atom is -0.339 e. The van der Waals surface area contributed by atoms with E-state index in [-0.39, 0.29) is 5.56 Å². The van der Waals surface area contributed by atoms with Crippen molar-refractivity contribution in [1.29, 1.82) is 0 Å². The highest BCUT2D eigenvalue weighted by Gasteiger charge is 2.10. The van der Waals surface area contributed by atoms with Crippen molar-refractivity contribution < 1.29 is 4.52 Å². The second-order valence-electron chi connectivity index (χ2n) is 5.53. The molecule has 0 amide bonds. The van der Waals surface area contributed by atoms with E-state index in [2.05, 4.69) is 15.2 Å². The maximum atomic E-state index is 12.1. The van der Waals surface area contributed by atoms with Crippen LogP contribution in [-0.2, 0) is 13.0 Å². The monoisotopic (exact) mass is 384 g/mol. The molecule has 0 atom stereocenters. The molecular formula is C18H13ClN4O2S. The van der Waals surface area contributed by atoms with Crippen LogP contribution in [0.25, 0.3) is 22.0 Å². The number of halogens is 1. The fourth-order valence-corrected chi connectivity index (χ4v) is 3.22. The fourth-order valence-electron chi connectivity index (χ4n) is 2.45. The highest BCUT2D eigenvalue weighted by Crippen LogP contribution is 2.21. The smallest absolute Gasteiger partial charge is 0.266 e. The van der Waals surface area contributed by atoms with Gasteiger partial charge in [-0.1, -0.05) is 35.0 Å². The summed E-state index contributed by atoms with van der Waals surface area (Å²) in [6, 6.07) is 14.4. The molecule has 26 heavy (non-hydrogen) atoms. The van der Waals surface area contributed by atoms with Gasteiger partial charge in [0.05, 0.1) is 17.1 Å². The van der Waals surface area contributed by atoms with Crippen LogP contribution >= 0.6 is 22.9 Å². The van der Waals surface area contributed by atoms with Gasteiger partial charge in [0.25, 0.3) is 5.56 Å². The molecule has 0 unspecified atom stereocenters. The number of benzene rings is 1. The van der Waals surface area contributed by atoms with E-state index in [9.17, 15) is 4.79 Å². The number of rotatable bonds is 5. The van der Waals surface area contributed by atoms with Gasteiger partial charge in [0.2, 0.25) is 11.7 Å². The molecule has 0 saturated carbocycles. The van der Waals surface area contributed by atoms with Crippen LogP contribution in [-0.4, -0.2) is 19.9 Å². The third-order valence-electron chi connectivity index (χ3n) is 3.75. The van der Waals surface area contributed by atoms with Crippen molar-refractivity contribution >= 4 is 22.9 Å². The van der Waals surface area contributed by atoms with Gasteiger partial charge in [0.1, 0.15) is 0 Å². The van der Waals surface area contributed by atoms with Crippen LogP contribution in [0.2, 0.25) is 5.02 Å². The Bertz CT molecular complexity index is 1070. The van der Waals surface area contributed by atoms with Gasteiger partial charge in [-0.25, -0.2) is 4.68 Å². The average molecular weight is 385 g/mol. The largest absolute Gasteiger partial charge is 0.339 e. The standard InChI is InChI=1S/C18H13ClN4O2S/c19-13-5-3-12(4-6-13)14-7-8-17(24)23(21-14)10-9-16-20-18(22-25-16)15-2-1-11-26-15/h1-8,11H,9-10H2. The van der Waals surface area contributed by atoms with E-state index in [0.29, 0.717) is 35.4 Å². The number of hydrogen-bond donors (Lipinski definition) is 0. The van der Waals surface area contributed by atoms with Gasteiger partial charge in [-0.05, 0) is 29.6 Å². The van der Waals surface area contributed by atoms with Crippen LogP contribution in [0.15, 0.2) is 63.2 Å². The number of nitrogens with zero attached hydrogens (tertiary/aromatic N) is 4. The van der Waals surface area contributed by atoms with E-state index in [1.54, 1.807) is 29.5 Å². The molecule has 130 valence electrons. The third-order valence-corrected chi connectivity index (χ3v) is 4.87. The van der Waals surface area contributed by atoms with Gasteiger partial charge in [0, 0.05) is 23.1 Å². The van der Waals surface area contributed by atoms with Gasteiger partial charge in [-0.3, -0.25) is 4.79 Å². The Balaban J connectivity index is 1.52. The molecule has 0 fully saturated rings. The first-order chi connectivity index (χ1) is 12.7. The summed E-state index contributed by atoms with van der Waals surface area (Å²) in [7, 11) is 0. The quantitative estimate of drug-likeness (QED) is 0.521. The molecule has 3 aromatic heterocycles. The highest BCUT2D eigenvalue weighted by molar-refractivity contribution is 7.13. The molecule has 4 aromatic rings. The summed E-state index contributed by atoms with van der Waals surface area (Å²) in [6.07, 6.45) is 0.426. The minimum absolute atomic E-state index is 0.180. The van der Waals surface area contributed by atoms with Crippen molar-refractivity contribution in [2.45, 2.75) is 13.0 Å². The Morgan fingerprint density at radius 2 is 1.96 bits per heavy atom. The van der Waals surface area contributed by atoms with E-state index in [1.165, 1.54) is 10.7 Å². The molecule has 0 N–H and O–H groups in total. The minimum atomic E-state index is -0.180. The zero-order valence-electron chi connectivity index (χ0n) is 13.5. The van der Waals surface area contributed by atoms with Crippen molar-refractivity contribution in [1.82, 2.24) is 19.9 Å². The van der Waals surface area contributed by atoms with Crippen LogP contribution < -0.4 is 5.56 Å². The highest BCUT2D eigenvalue weighted by atomic mass is 35.5. The molecular weight excluding hydrogens is 372 g/mol. The van der Waals surface area contributed by atoms with Gasteiger partial charge in [-0.15, -0.1) is 11.3 Å². The van der Waals surface area contributed by atoms with Crippen molar-refractivity contribution in [2.75, 3.05) is 0 Å². The van der Waals surface area contributed by atoms with Gasteiger partial charge in [-0.2, -0.15) is 10.1 Å². The van der Waals surface area contributed by atoms with E-state index >= 15 is 0 Å². The maximum absolute atomic E-state index is 12.1. The van der Waals surface area contributed by atoms with Crippen molar-refractivity contribution in [3.05, 3.63) is 75.2 Å². The van der Waals surface area contributed by atoms with Crippen molar-refractivity contribution in [2.24, 2.45) is 0 Å². The molecule has 0 saturated heterocycles. The lowest BCUT2D eigenvalue weighted by Gasteiger charge is -2.06. The Morgan fingerprint density at radius 3 is 2.73 bits per heavy atom. The average Bonchev–Trinajstić information content (AvgIpc) is 3.33. The first kappa shape index (κ1) is 16.7. The molecule has 0 aliphatic heterocycles. The molecule has 1 aromatic carbocycles. The predicted octanol–water partition coefficient (Wildman–Crippen LogP) is 3.92. The van der Waals surface area contributed by atoms with Crippen LogP contribution in [0.3, 0.4) is 0 Å². The lowest BCUT2D eigenvalue weighted by molar-refractivity contribution is 0.368. The number of aromatic nitrogens is 4. The number of thiophene rings is 1. The van der Waals surface area contributed by atoms with Gasteiger partial charge in [0.15, 0.2) is 0 Å². The van der Waals surface area contributed by atoms with E-state index in [4.69, 9.17) is 16.1 Å². The predicted molar refractivity (Wildman–Crippen MR) is 100 cm³/mol. The molecule has 8 heteroatoms. The zero-order chi connectivity index (χ0) is 17.9. The fraction of sp³-hybridized carbons (Fsp3) is 0.111. The molecule has 6 nitrogen and oxygen atoms in total. The summed E-state index contributed by atoms with van der Waals surface area (Å²) in [6.45, 7) is 0.354. The van der Waals surface area contributed by atoms with E-state index in [0.717, 1.165) is 10.4 Å². The molecule has 3 heterocycles. The lowest BCUT2D eigenvalue weighted by atomic mass is 10.1. The Labute approximate surface area is 157 Å². The Morgan fingerprint density at radius 1 is 1.12 bits per heavy atom. The normalized spacial score (nSPS) is 11.0. The van der Waals surface area contributed by atoms with Crippen LogP contribution in [0.1, 0.15) is 5.89 Å². The topological polar surface area (TPSA) is 73.8 Å². The van der Waals surface area contributed by atoms with E-state index < -0.39 is 0 Å². The van der Waals surface area contributed by atoms with Crippen molar-refractivity contribution in [3.8, 4) is 22.0 Å². The first-order valence-electron chi connectivity index (χ1n) is 7.89. The van der Waals surface area contributed by atoms with Gasteiger partial charge >= 0.3 is 0 Å². The zero-order valence-corrected chi connectivity index (χ0v) is 15.1. The maximum Gasteiger partial charge on any atom is 0.266 e.